The fourth-order valence-electron chi connectivity index (χ4n) is 2.63. The molecule has 19 heavy (non-hydrogen) atoms. The van der Waals surface area contributed by atoms with Crippen molar-refractivity contribution in [3.8, 4) is 0 Å². The van der Waals surface area contributed by atoms with Gasteiger partial charge in [-0.2, -0.15) is 11.3 Å². The molecule has 1 rings (SSSR count). The smallest absolute Gasteiger partial charge is 0.00584 e. The van der Waals surface area contributed by atoms with Crippen LogP contribution < -0.4 is 0 Å². The molecule has 110 valence electrons. The zero-order chi connectivity index (χ0) is 13.8. The van der Waals surface area contributed by atoms with E-state index in [9.17, 15) is 0 Å². The molecule has 1 aromatic heterocycles. The van der Waals surface area contributed by atoms with E-state index in [0.29, 0.717) is 0 Å². The van der Waals surface area contributed by atoms with Gasteiger partial charge in [-0.1, -0.05) is 65.2 Å². The van der Waals surface area contributed by atoms with Crippen molar-refractivity contribution in [1.29, 1.82) is 0 Å². The van der Waals surface area contributed by atoms with Crippen molar-refractivity contribution >= 4 is 11.3 Å². The van der Waals surface area contributed by atoms with Gasteiger partial charge in [-0.25, -0.2) is 0 Å². The van der Waals surface area contributed by atoms with Crippen LogP contribution in [0.25, 0.3) is 0 Å². The van der Waals surface area contributed by atoms with Crippen LogP contribution in [0.4, 0.5) is 0 Å². The van der Waals surface area contributed by atoms with Gasteiger partial charge in [0.25, 0.3) is 0 Å². The van der Waals surface area contributed by atoms with E-state index in [1.54, 1.807) is 11.1 Å². The highest BCUT2D eigenvalue weighted by Crippen LogP contribution is 2.21. The molecule has 0 saturated heterocycles. The van der Waals surface area contributed by atoms with Crippen LogP contribution in [0.2, 0.25) is 0 Å². The van der Waals surface area contributed by atoms with Crippen LogP contribution in [0.1, 0.15) is 89.2 Å². The highest BCUT2D eigenvalue weighted by Gasteiger charge is 2.03. The maximum atomic E-state index is 2.39. The second-order valence-electron chi connectivity index (χ2n) is 5.75. The fourth-order valence-corrected chi connectivity index (χ4v) is 3.56. The Bertz CT molecular complexity index is 300. The Hall–Kier alpha value is -0.300. The lowest BCUT2D eigenvalue weighted by molar-refractivity contribution is 0.605. The molecule has 0 aliphatic carbocycles. The van der Waals surface area contributed by atoms with Crippen molar-refractivity contribution in [3.05, 3.63) is 21.9 Å². The predicted octanol–water partition coefficient (Wildman–Crippen LogP) is 6.77. The Morgan fingerprint density at radius 3 is 1.58 bits per heavy atom. The van der Waals surface area contributed by atoms with Gasteiger partial charge >= 0.3 is 0 Å². The first-order valence-electron chi connectivity index (χ1n) is 8.42. The first-order valence-corrected chi connectivity index (χ1v) is 9.36. The summed E-state index contributed by atoms with van der Waals surface area (Å²) in [5.74, 6) is 0. The minimum atomic E-state index is 1.31. The van der Waals surface area contributed by atoms with Gasteiger partial charge in [0.05, 0.1) is 0 Å². The molecule has 0 bridgehead atoms. The van der Waals surface area contributed by atoms with Crippen molar-refractivity contribution in [3.63, 3.8) is 0 Å². The minimum absolute atomic E-state index is 1.31. The van der Waals surface area contributed by atoms with E-state index in [2.05, 4.69) is 24.6 Å². The van der Waals surface area contributed by atoms with Crippen LogP contribution in [0.3, 0.4) is 0 Å². The highest BCUT2D eigenvalue weighted by molar-refractivity contribution is 7.08. The Kier molecular flexibility index (Phi) is 10.2. The monoisotopic (exact) mass is 280 g/mol. The molecule has 0 aromatic carbocycles. The summed E-state index contributed by atoms with van der Waals surface area (Å²) >= 11 is 1.90. The van der Waals surface area contributed by atoms with Gasteiger partial charge < -0.3 is 0 Å². The first kappa shape index (κ1) is 16.8. The van der Waals surface area contributed by atoms with Gasteiger partial charge in [0.2, 0.25) is 0 Å². The van der Waals surface area contributed by atoms with Gasteiger partial charge in [0.15, 0.2) is 0 Å². The predicted molar refractivity (Wildman–Crippen MR) is 89.2 cm³/mol. The Balaban J connectivity index is 2.13. The van der Waals surface area contributed by atoms with Crippen molar-refractivity contribution in [2.75, 3.05) is 0 Å². The molecular formula is C18H32S. The number of hydrogen-bond donors (Lipinski definition) is 0. The van der Waals surface area contributed by atoms with E-state index in [1.807, 2.05) is 11.3 Å². The standard InChI is InChI=1S/C18H32S/c1-3-5-7-9-10-12-14-18-16-19-15-17(18)13-11-8-6-4-2/h15-16H,3-14H2,1-2H3. The molecule has 0 nitrogen and oxygen atoms in total. The summed E-state index contributed by atoms with van der Waals surface area (Å²) in [5.41, 5.74) is 3.30. The van der Waals surface area contributed by atoms with Crippen molar-refractivity contribution in [2.24, 2.45) is 0 Å². The summed E-state index contributed by atoms with van der Waals surface area (Å²) in [6.07, 6.45) is 16.6. The van der Waals surface area contributed by atoms with Gasteiger partial charge in [0, 0.05) is 0 Å². The van der Waals surface area contributed by atoms with Crippen molar-refractivity contribution < 1.29 is 0 Å². The molecule has 0 fully saturated rings. The molecule has 0 amide bonds. The second kappa shape index (κ2) is 11.5. The third-order valence-electron chi connectivity index (χ3n) is 3.93. The lowest BCUT2D eigenvalue weighted by Gasteiger charge is -2.04. The SMILES string of the molecule is CCCCCCCCc1cscc1CCCCCC. The summed E-state index contributed by atoms with van der Waals surface area (Å²) in [4.78, 5) is 0. The maximum Gasteiger partial charge on any atom is -0.00584 e. The Labute approximate surface area is 124 Å². The molecular weight excluding hydrogens is 248 g/mol. The highest BCUT2D eigenvalue weighted by atomic mass is 32.1. The molecule has 0 atom stereocenters. The summed E-state index contributed by atoms with van der Waals surface area (Å²) in [7, 11) is 0. The first-order chi connectivity index (χ1) is 9.38. The average Bonchev–Trinajstić information content (AvgIpc) is 2.86. The average molecular weight is 281 g/mol. The summed E-state index contributed by atoms with van der Waals surface area (Å²) < 4.78 is 0. The van der Waals surface area contributed by atoms with E-state index in [0.717, 1.165) is 0 Å². The zero-order valence-corrected chi connectivity index (χ0v) is 13.9. The number of rotatable bonds is 12. The summed E-state index contributed by atoms with van der Waals surface area (Å²) in [6.45, 7) is 4.57. The molecule has 0 radical (unpaired) electrons. The van der Waals surface area contributed by atoms with E-state index in [4.69, 9.17) is 0 Å². The molecule has 0 aliphatic rings. The van der Waals surface area contributed by atoms with Gasteiger partial charge in [-0.15, -0.1) is 0 Å². The quantitative estimate of drug-likeness (QED) is 0.370. The Morgan fingerprint density at radius 2 is 1.05 bits per heavy atom. The lowest BCUT2D eigenvalue weighted by Crippen LogP contribution is -1.91. The van der Waals surface area contributed by atoms with Gasteiger partial charge in [0.1, 0.15) is 0 Å². The third-order valence-corrected chi connectivity index (χ3v) is 4.77. The fraction of sp³-hybridized carbons (Fsp3) is 0.778. The van der Waals surface area contributed by atoms with E-state index < -0.39 is 0 Å². The molecule has 0 spiro atoms. The van der Waals surface area contributed by atoms with Gasteiger partial charge in [-0.05, 0) is 47.6 Å². The minimum Gasteiger partial charge on any atom is -0.152 e. The summed E-state index contributed by atoms with van der Waals surface area (Å²) in [5, 5.41) is 4.78. The lowest BCUT2D eigenvalue weighted by atomic mass is 10.0. The number of aryl methyl sites for hydroxylation is 2. The Morgan fingerprint density at radius 1 is 0.632 bits per heavy atom. The van der Waals surface area contributed by atoms with Crippen LogP contribution in [-0.2, 0) is 12.8 Å². The van der Waals surface area contributed by atoms with Crippen LogP contribution in [0, 0.1) is 0 Å². The molecule has 0 N–H and O–H groups in total. The maximum absolute atomic E-state index is 2.39. The normalized spacial score (nSPS) is 11.1. The van der Waals surface area contributed by atoms with Crippen LogP contribution in [0.15, 0.2) is 10.8 Å². The van der Waals surface area contributed by atoms with E-state index in [-0.39, 0.29) is 0 Å². The molecule has 1 heterocycles. The third kappa shape index (κ3) is 7.77. The summed E-state index contributed by atoms with van der Waals surface area (Å²) in [6, 6.07) is 0. The van der Waals surface area contributed by atoms with Crippen LogP contribution in [-0.4, -0.2) is 0 Å². The number of unbranched alkanes of at least 4 members (excludes halogenated alkanes) is 8. The van der Waals surface area contributed by atoms with E-state index >= 15 is 0 Å². The van der Waals surface area contributed by atoms with E-state index in [1.165, 1.54) is 77.0 Å². The van der Waals surface area contributed by atoms with Crippen molar-refractivity contribution in [1.82, 2.24) is 0 Å². The molecule has 1 heteroatoms. The number of hydrogen-bond acceptors (Lipinski definition) is 1. The molecule has 0 unspecified atom stereocenters. The molecule has 0 saturated carbocycles. The largest absolute Gasteiger partial charge is 0.152 e. The van der Waals surface area contributed by atoms with Crippen LogP contribution in [0.5, 0.6) is 0 Å². The van der Waals surface area contributed by atoms with Crippen LogP contribution >= 0.6 is 11.3 Å². The zero-order valence-electron chi connectivity index (χ0n) is 13.0. The van der Waals surface area contributed by atoms with Gasteiger partial charge in [-0.3, -0.25) is 0 Å². The number of thiophene rings is 1. The molecule has 1 aromatic rings. The molecule has 0 aliphatic heterocycles. The second-order valence-corrected chi connectivity index (χ2v) is 6.49. The van der Waals surface area contributed by atoms with Crippen molar-refractivity contribution in [2.45, 2.75) is 90.9 Å². The topological polar surface area (TPSA) is 0 Å².